The average molecular weight is 248 g/mol. The van der Waals surface area contributed by atoms with Gasteiger partial charge in [0.25, 0.3) is 5.91 Å². The monoisotopic (exact) mass is 248 g/mol. The predicted octanol–water partition coefficient (Wildman–Crippen LogP) is 1.82. The van der Waals surface area contributed by atoms with Crippen molar-refractivity contribution in [1.29, 1.82) is 0 Å². The second-order valence-corrected chi connectivity index (χ2v) is 5.15. The number of hydrazine groups is 1. The zero-order chi connectivity index (χ0) is 13.0. The third kappa shape index (κ3) is 2.98. The van der Waals surface area contributed by atoms with E-state index in [4.69, 9.17) is 5.84 Å². The van der Waals surface area contributed by atoms with Crippen molar-refractivity contribution in [3.63, 3.8) is 0 Å². The maximum Gasteiger partial charge on any atom is 0.253 e. The number of anilines is 1. The van der Waals surface area contributed by atoms with E-state index in [9.17, 15) is 4.79 Å². The molecule has 0 aliphatic heterocycles. The minimum atomic E-state index is -0.0693. The lowest BCUT2D eigenvalue weighted by Crippen LogP contribution is -2.47. The highest BCUT2D eigenvalue weighted by atomic mass is 16.1. The van der Waals surface area contributed by atoms with Gasteiger partial charge >= 0.3 is 0 Å². The van der Waals surface area contributed by atoms with Crippen LogP contribution in [0.5, 0.6) is 0 Å². The van der Waals surface area contributed by atoms with Crippen LogP contribution in [-0.2, 0) is 0 Å². The second-order valence-electron chi connectivity index (χ2n) is 5.15. The van der Waals surface area contributed by atoms with Crippen molar-refractivity contribution in [3.05, 3.63) is 23.9 Å². The van der Waals surface area contributed by atoms with Gasteiger partial charge in [0, 0.05) is 11.7 Å². The lowest BCUT2D eigenvalue weighted by Gasteiger charge is -2.34. The number of nitrogens with zero attached hydrogens (tertiary/aromatic N) is 1. The Kier molecular flexibility index (Phi) is 3.81. The molecule has 4 N–H and O–H groups in total. The number of aromatic nitrogens is 1. The van der Waals surface area contributed by atoms with Crippen molar-refractivity contribution in [2.45, 2.75) is 44.6 Å². The molecule has 0 spiro atoms. The molecule has 98 valence electrons. The summed E-state index contributed by atoms with van der Waals surface area (Å²) in [5, 5.41) is 3.12. The molecule has 1 aliphatic carbocycles. The molecular weight excluding hydrogens is 228 g/mol. The van der Waals surface area contributed by atoms with E-state index in [1.165, 1.54) is 25.5 Å². The Bertz CT molecular complexity index is 410. The van der Waals surface area contributed by atoms with Gasteiger partial charge in [-0.2, -0.15) is 0 Å². The molecule has 1 fully saturated rings. The van der Waals surface area contributed by atoms with Crippen LogP contribution in [0.4, 0.5) is 5.82 Å². The number of rotatable bonds is 3. The standard InChI is InChI=1S/C13H20N4O/c1-13(7-3-2-4-8-13)16-12(18)10-5-6-11(17-14)15-9-10/h5-6,9H,2-4,7-8,14H2,1H3,(H,15,17)(H,16,18). The summed E-state index contributed by atoms with van der Waals surface area (Å²) in [4.78, 5) is 16.2. The van der Waals surface area contributed by atoms with Crippen molar-refractivity contribution < 1.29 is 4.79 Å². The Balaban J connectivity index is 2.02. The van der Waals surface area contributed by atoms with Crippen LogP contribution in [0.15, 0.2) is 18.3 Å². The topological polar surface area (TPSA) is 80.0 Å². The Morgan fingerprint density at radius 2 is 2.06 bits per heavy atom. The molecule has 0 radical (unpaired) electrons. The highest BCUT2D eigenvalue weighted by Gasteiger charge is 2.28. The number of carbonyl (C=O) groups excluding carboxylic acids is 1. The number of carbonyl (C=O) groups is 1. The van der Waals surface area contributed by atoms with E-state index >= 15 is 0 Å². The highest BCUT2D eigenvalue weighted by molar-refractivity contribution is 5.94. The molecule has 0 aromatic carbocycles. The molecule has 1 heterocycles. The first-order valence-corrected chi connectivity index (χ1v) is 6.38. The van der Waals surface area contributed by atoms with Crippen molar-refractivity contribution in [2.75, 3.05) is 5.43 Å². The molecule has 1 aromatic heterocycles. The summed E-state index contributed by atoms with van der Waals surface area (Å²) in [6, 6.07) is 3.42. The second kappa shape index (κ2) is 5.35. The van der Waals surface area contributed by atoms with Gasteiger partial charge in [-0.05, 0) is 31.9 Å². The summed E-state index contributed by atoms with van der Waals surface area (Å²) in [6.45, 7) is 2.12. The van der Waals surface area contributed by atoms with Gasteiger partial charge in [0.15, 0.2) is 0 Å². The average Bonchev–Trinajstić information content (AvgIpc) is 2.39. The molecule has 2 rings (SSSR count). The third-order valence-corrected chi connectivity index (χ3v) is 3.55. The Morgan fingerprint density at radius 1 is 1.33 bits per heavy atom. The number of nitrogen functional groups attached to an aromatic ring is 1. The van der Waals surface area contributed by atoms with E-state index in [0.717, 1.165) is 12.8 Å². The molecule has 5 nitrogen and oxygen atoms in total. The van der Waals surface area contributed by atoms with Crippen LogP contribution in [0.3, 0.4) is 0 Å². The van der Waals surface area contributed by atoms with Gasteiger partial charge < -0.3 is 10.7 Å². The molecule has 18 heavy (non-hydrogen) atoms. The van der Waals surface area contributed by atoms with E-state index in [1.807, 2.05) is 0 Å². The summed E-state index contributed by atoms with van der Waals surface area (Å²) in [6.07, 6.45) is 7.28. The van der Waals surface area contributed by atoms with E-state index < -0.39 is 0 Å². The van der Waals surface area contributed by atoms with Crippen molar-refractivity contribution in [1.82, 2.24) is 10.3 Å². The van der Waals surface area contributed by atoms with Gasteiger partial charge in [0.2, 0.25) is 0 Å². The maximum absolute atomic E-state index is 12.1. The Morgan fingerprint density at radius 3 is 2.61 bits per heavy atom. The summed E-state index contributed by atoms with van der Waals surface area (Å²) in [5.41, 5.74) is 2.94. The molecule has 0 atom stereocenters. The Labute approximate surface area is 107 Å². The number of pyridine rings is 1. The first-order valence-electron chi connectivity index (χ1n) is 6.38. The predicted molar refractivity (Wildman–Crippen MR) is 71.0 cm³/mol. The smallest absolute Gasteiger partial charge is 0.253 e. The number of amides is 1. The first kappa shape index (κ1) is 12.8. The van der Waals surface area contributed by atoms with Gasteiger partial charge in [-0.25, -0.2) is 10.8 Å². The molecule has 1 amide bonds. The van der Waals surface area contributed by atoms with Gasteiger partial charge in [-0.1, -0.05) is 19.3 Å². The van der Waals surface area contributed by atoms with Crippen LogP contribution in [0.1, 0.15) is 49.4 Å². The third-order valence-electron chi connectivity index (χ3n) is 3.55. The molecule has 5 heteroatoms. The molecule has 1 aromatic rings. The summed E-state index contributed by atoms with van der Waals surface area (Å²) in [5.74, 6) is 5.72. The van der Waals surface area contributed by atoms with Crippen LogP contribution >= 0.6 is 0 Å². The van der Waals surface area contributed by atoms with Gasteiger partial charge in [0.1, 0.15) is 5.82 Å². The zero-order valence-electron chi connectivity index (χ0n) is 10.7. The van der Waals surface area contributed by atoms with Crippen molar-refractivity contribution in [3.8, 4) is 0 Å². The van der Waals surface area contributed by atoms with E-state index in [2.05, 4.69) is 22.7 Å². The highest BCUT2D eigenvalue weighted by Crippen LogP contribution is 2.27. The number of hydrogen-bond acceptors (Lipinski definition) is 4. The Hall–Kier alpha value is -1.62. The fourth-order valence-electron chi connectivity index (χ4n) is 2.42. The number of hydrogen-bond donors (Lipinski definition) is 3. The van der Waals surface area contributed by atoms with Crippen LogP contribution in [0.2, 0.25) is 0 Å². The van der Waals surface area contributed by atoms with Gasteiger partial charge in [-0.15, -0.1) is 0 Å². The van der Waals surface area contributed by atoms with Crippen molar-refractivity contribution >= 4 is 11.7 Å². The normalized spacial score (nSPS) is 18.1. The van der Waals surface area contributed by atoms with Crippen molar-refractivity contribution in [2.24, 2.45) is 5.84 Å². The van der Waals surface area contributed by atoms with E-state index in [1.54, 1.807) is 12.1 Å². The van der Waals surface area contributed by atoms with Crippen LogP contribution in [0, 0.1) is 0 Å². The minimum Gasteiger partial charge on any atom is -0.347 e. The van der Waals surface area contributed by atoms with Crippen LogP contribution < -0.4 is 16.6 Å². The number of nitrogens with two attached hydrogens (primary N) is 1. The first-order chi connectivity index (χ1) is 8.63. The minimum absolute atomic E-state index is 0.0597. The molecule has 1 aliphatic rings. The fraction of sp³-hybridized carbons (Fsp3) is 0.538. The molecular formula is C13H20N4O. The van der Waals surface area contributed by atoms with E-state index in [0.29, 0.717) is 11.4 Å². The zero-order valence-corrected chi connectivity index (χ0v) is 10.7. The summed E-state index contributed by atoms with van der Waals surface area (Å²) >= 11 is 0. The fourth-order valence-corrected chi connectivity index (χ4v) is 2.42. The lowest BCUT2D eigenvalue weighted by atomic mass is 9.83. The molecule has 0 bridgehead atoms. The van der Waals surface area contributed by atoms with Gasteiger partial charge in [-0.3, -0.25) is 4.79 Å². The largest absolute Gasteiger partial charge is 0.347 e. The molecule has 0 unspecified atom stereocenters. The molecule has 1 saturated carbocycles. The lowest BCUT2D eigenvalue weighted by molar-refractivity contribution is 0.0882. The number of nitrogens with one attached hydrogen (secondary N) is 2. The quantitative estimate of drug-likeness (QED) is 0.563. The molecule has 0 saturated heterocycles. The summed E-state index contributed by atoms with van der Waals surface area (Å²) < 4.78 is 0. The maximum atomic E-state index is 12.1. The summed E-state index contributed by atoms with van der Waals surface area (Å²) in [7, 11) is 0. The van der Waals surface area contributed by atoms with E-state index in [-0.39, 0.29) is 11.4 Å². The SMILES string of the molecule is CC1(NC(=O)c2ccc(NN)nc2)CCCCC1. The van der Waals surface area contributed by atoms with Gasteiger partial charge in [0.05, 0.1) is 5.56 Å². The van der Waals surface area contributed by atoms with Crippen LogP contribution in [0.25, 0.3) is 0 Å². The van der Waals surface area contributed by atoms with Crippen LogP contribution in [-0.4, -0.2) is 16.4 Å².